The van der Waals surface area contributed by atoms with Crippen LogP contribution in [0.5, 0.6) is 0 Å². The second-order valence-electron chi connectivity index (χ2n) is 11.9. The predicted molar refractivity (Wildman–Crippen MR) is 193 cm³/mol. The van der Waals surface area contributed by atoms with Crippen LogP contribution in [0.2, 0.25) is 0 Å². The van der Waals surface area contributed by atoms with Gasteiger partial charge in [-0.2, -0.15) is 10.5 Å². The first-order valence-electron chi connectivity index (χ1n) is 15.7. The highest BCUT2D eigenvalue weighted by atomic mass is 15.0. The van der Waals surface area contributed by atoms with Crippen molar-refractivity contribution in [1.82, 2.24) is 9.13 Å². The quantitative estimate of drug-likeness (QED) is 0.200. The van der Waals surface area contributed by atoms with Gasteiger partial charge in [0, 0.05) is 32.8 Å². The molecule has 0 unspecified atom stereocenters. The minimum absolute atomic E-state index is 0.586. The number of para-hydroxylation sites is 3. The third-order valence-corrected chi connectivity index (χ3v) is 9.20. The molecule has 9 rings (SSSR count). The standard InChI is InChI=1S/C44H24N4/c45-27-29-20-21-44-39(24-29)38-15-4-8-19-43(38)48(44)40-16-5-1-12-35(40)33-23-30(28-46)22-32(25-33)31-10-9-11-34(26-31)47-41-17-6-2-13-36(41)37-14-3-7-18-42(37)47/h1-6,8-17,19-26H. The van der Waals surface area contributed by atoms with Gasteiger partial charge in [0.2, 0.25) is 0 Å². The summed E-state index contributed by atoms with van der Waals surface area (Å²) < 4.78 is 4.49. The van der Waals surface area contributed by atoms with Crippen molar-refractivity contribution in [3.63, 3.8) is 0 Å². The van der Waals surface area contributed by atoms with Crippen LogP contribution in [0.25, 0.3) is 77.2 Å². The van der Waals surface area contributed by atoms with Crippen molar-refractivity contribution in [2.45, 2.75) is 0 Å². The summed E-state index contributed by atoms with van der Waals surface area (Å²) in [6.45, 7) is 0. The molecule has 0 aliphatic carbocycles. The number of aromatic nitrogens is 2. The van der Waals surface area contributed by atoms with Gasteiger partial charge in [-0.3, -0.25) is 0 Å². The van der Waals surface area contributed by atoms with Crippen molar-refractivity contribution >= 4 is 43.6 Å². The van der Waals surface area contributed by atoms with Gasteiger partial charge in [0.25, 0.3) is 0 Å². The molecule has 9 aromatic rings. The van der Waals surface area contributed by atoms with Crippen LogP contribution in [0.15, 0.2) is 146 Å². The lowest BCUT2D eigenvalue weighted by atomic mass is 9.95. The minimum Gasteiger partial charge on any atom is -0.309 e. The Balaban J connectivity index is 1.24. The van der Waals surface area contributed by atoms with E-state index in [1.54, 1.807) is 0 Å². The Hall–Kier alpha value is -7.06. The predicted octanol–water partition coefficient (Wildman–Crippen LogP) is 10.6. The lowest BCUT2D eigenvalue weighted by Gasteiger charge is -2.16. The van der Waals surface area contributed by atoms with E-state index in [1.807, 2.05) is 60.7 Å². The molecule has 7 aromatic carbocycles. The van der Waals surface area contributed by atoms with Crippen LogP contribution in [0.4, 0.5) is 0 Å². The Morgan fingerprint density at radius 2 is 1.19 bits per heavy atom. The molecule has 0 aliphatic heterocycles. The molecule has 0 aliphatic rings. The maximum Gasteiger partial charge on any atom is 0.105 e. The molecule has 4 nitrogen and oxygen atoms in total. The molecule has 0 amide bonds. The van der Waals surface area contributed by atoms with E-state index in [4.69, 9.17) is 0 Å². The van der Waals surface area contributed by atoms with E-state index in [-0.39, 0.29) is 0 Å². The molecule has 0 atom stereocenters. The van der Waals surface area contributed by atoms with Gasteiger partial charge in [0.05, 0.1) is 45.5 Å². The van der Waals surface area contributed by atoms with E-state index in [1.165, 1.54) is 5.39 Å². The van der Waals surface area contributed by atoms with Crippen molar-refractivity contribution in [3.05, 3.63) is 169 Å². The highest BCUT2D eigenvalue weighted by molar-refractivity contribution is 6.10. The molecule has 220 valence electrons. The first-order valence-corrected chi connectivity index (χ1v) is 15.7. The fourth-order valence-electron chi connectivity index (χ4n) is 7.11. The van der Waals surface area contributed by atoms with Gasteiger partial charge < -0.3 is 9.13 Å². The molecule has 4 heteroatoms. The Labute approximate surface area is 277 Å². The lowest BCUT2D eigenvalue weighted by molar-refractivity contribution is 1.18. The summed E-state index contributed by atoms with van der Waals surface area (Å²) in [7, 11) is 0. The summed E-state index contributed by atoms with van der Waals surface area (Å²) >= 11 is 0. The summed E-state index contributed by atoms with van der Waals surface area (Å²) in [5, 5.41) is 24.3. The molecular formula is C44H24N4. The summed E-state index contributed by atoms with van der Waals surface area (Å²) in [6.07, 6.45) is 0. The number of hydrogen-bond acceptors (Lipinski definition) is 2. The van der Waals surface area contributed by atoms with E-state index in [9.17, 15) is 10.5 Å². The Morgan fingerprint density at radius 1 is 0.479 bits per heavy atom. The average Bonchev–Trinajstić information content (AvgIpc) is 3.67. The van der Waals surface area contributed by atoms with Gasteiger partial charge in [-0.1, -0.05) is 72.8 Å². The largest absolute Gasteiger partial charge is 0.309 e. The van der Waals surface area contributed by atoms with Crippen molar-refractivity contribution in [1.29, 1.82) is 10.5 Å². The van der Waals surface area contributed by atoms with E-state index in [0.29, 0.717) is 11.1 Å². The summed E-state index contributed by atoms with van der Waals surface area (Å²) in [6, 6.07) is 60.6. The Morgan fingerprint density at radius 3 is 2.02 bits per heavy atom. The van der Waals surface area contributed by atoms with Crippen molar-refractivity contribution in [2.24, 2.45) is 0 Å². The second-order valence-corrected chi connectivity index (χ2v) is 11.9. The minimum atomic E-state index is 0.586. The molecular weight excluding hydrogens is 585 g/mol. The van der Waals surface area contributed by atoms with Crippen molar-refractivity contribution in [3.8, 4) is 45.8 Å². The van der Waals surface area contributed by atoms with Crippen molar-refractivity contribution in [2.75, 3.05) is 0 Å². The molecule has 0 N–H and O–H groups in total. The first kappa shape index (κ1) is 27.3. The summed E-state index contributed by atoms with van der Waals surface area (Å²) in [5.74, 6) is 0. The first-order chi connectivity index (χ1) is 23.7. The Bertz CT molecular complexity index is 2760. The van der Waals surface area contributed by atoms with Crippen LogP contribution in [0, 0.1) is 34.8 Å². The maximum absolute atomic E-state index is 10.2. The van der Waals surface area contributed by atoms with Crippen LogP contribution in [0.3, 0.4) is 0 Å². The summed E-state index contributed by atoms with van der Waals surface area (Å²) in [5.41, 5.74) is 11.3. The van der Waals surface area contributed by atoms with Crippen LogP contribution in [0.1, 0.15) is 11.1 Å². The normalized spacial score (nSPS) is 11.1. The van der Waals surface area contributed by atoms with Gasteiger partial charge >= 0.3 is 0 Å². The highest BCUT2D eigenvalue weighted by Gasteiger charge is 2.17. The zero-order valence-electron chi connectivity index (χ0n) is 25.6. The van der Waals surface area contributed by atoms with Gasteiger partial charge in [-0.05, 0) is 102 Å². The molecule has 48 heavy (non-hydrogen) atoms. The molecule has 0 saturated heterocycles. The fraction of sp³-hybridized carbons (Fsp3) is 0. The second kappa shape index (κ2) is 10.8. The zero-order valence-corrected chi connectivity index (χ0v) is 25.6. The topological polar surface area (TPSA) is 57.4 Å². The summed E-state index contributed by atoms with van der Waals surface area (Å²) in [4.78, 5) is 0. The van der Waals surface area contributed by atoms with E-state index < -0.39 is 0 Å². The molecule has 0 bridgehead atoms. The molecule has 0 saturated carbocycles. The molecule has 0 radical (unpaired) electrons. The SMILES string of the molecule is N#Cc1cc(-c2cccc(-n3c4c#cccc4c4ccccc43)c2)cc(-c2ccccc2-n2c3ccccc3c3cc(C#N)ccc32)c1. The number of nitriles is 2. The molecule has 0 spiro atoms. The average molecular weight is 609 g/mol. The third-order valence-electron chi connectivity index (χ3n) is 9.20. The zero-order chi connectivity index (χ0) is 32.2. The van der Waals surface area contributed by atoms with E-state index in [2.05, 4.69) is 118 Å². The van der Waals surface area contributed by atoms with Gasteiger partial charge in [0.15, 0.2) is 0 Å². The monoisotopic (exact) mass is 608 g/mol. The Kier molecular flexibility index (Phi) is 6.13. The molecule has 0 fully saturated rings. The number of hydrogen-bond donors (Lipinski definition) is 0. The maximum atomic E-state index is 10.2. The number of nitrogens with zero attached hydrogens (tertiary/aromatic N) is 4. The van der Waals surface area contributed by atoms with Crippen LogP contribution < -0.4 is 0 Å². The molecule has 2 heterocycles. The van der Waals surface area contributed by atoms with Crippen LogP contribution >= 0.6 is 0 Å². The fourth-order valence-corrected chi connectivity index (χ4v) is 7.11. The van der Waals surface area contributed by atoms with E-state index >= 15 is 0 Å². The number of benzene rings is 6. The highest BCUT2D eigenvalue weighted by Crippen LogP contribution is 2.38. The molecule has 2 aromatic heterocycles. The van der Waals surface area contributed by atoms with E-state index in [0.717, 1.165) is 71.9 Å². The third kappa shape index (κ3) is 4.17. The van der Waals surface area contributed by atoms with Crippen molar-refractivity contribution < 1.29 is 0 Å². The number of fused-ring (bicyclic) bond motifs is 6. The van der Waals surface area contributed by atoms with Crippen LogP contribution in [-0.2, 0) is 0 Å². The van der Waals surface area contributed by atoms with Gasteiger partial charge in [-0.15, -0.1) is 0 Å². The van der Waals surface area contributed by atoms with Gasteiger partial charge in [-0.25, -0.2) is 0 Å². The lowest BCUT2D eigenvalue weighted by Crippen LogP contribution is -1.98. The smallest absolute Gasteiger partial charge is 0.105 e. The van der Waals surface area contributed by atoms with Gasteiger partial charge in [0.1, 0.15) is 5.52 Å². The van der Waals surface area contributed by atoms with Crippen LogP contribution in [-0.4, -0.2) is 9.13 Å². The number of rotatable bonds is 4.